The minimum atomic E-state index is -4.09. The quantitative estimate of drug-likeness (QED) is 0.446. The number of nitrogens with zero attached hydrogens (tertiary/aromatic N) is 1. The molecule has 1 amide bonds. The molecule has 0 saturated heterocycles. The highest BCUT2D eigenvalue weighted by Gasteiger charge is 2.35. The molecule has 2 atom stereocenters. The molecule has 0 saturated carbocycles. The summed E-state index contributed by atoms with van der Waals surface area (Å²) >= 11 is 0. The molecule has 0 radical (unpaired) electrons. The highest BCUT2D eigenvalue weighted by molar-refractivity contribution is 7.90. The number of hydrogen-bond acceptors (Lipinski definition) is 7. The Morgan fingerprint density at radius 2 is 1.68 bits per heavy atom. The van der Waals surface area contributed by atoms with Crippen LogP contribution < -0.4 is 5.32 Å². The van der Waals surface area contributed by atoms with Gasteiger partial charge in [-0.25, -0.2) is 22.0 Å². The number of rotatable bonds is 9. The van der Waals surface area contributed by atoms with Crippen molar-refractivity contribution in [3.63, 3.8) is 0 Å². The van der Waals surface area contributed by atoms with Gasteiger partial charge in [-0.05, 0) is 43.7 Å². The van der Waals surface area contributed by atoms with Crippen molar-refractivity contribution in [2.75, 3.05) is 6.61 Å². The van der Waals surface area contributed by atoms with Crippen LogP contribution in [0.3, 0.4) is 0 Å². The number of ether oxygens (including phenoxy) is 2. The van der Waals surface area contributed by atoms with E-state index in [4.69, 9.17) is 9.47 Å². The molecule has 1 aromatic heterocycles. The number of hydrogen-bond donors (Lipinski definition) is 2. The summed E-state index contributed by atoms with van der Waals surface area (Å²) in [6.07, 6.45) is -1.56. The Morgan fingerprint density at radius 3 is 2.32 bits per heavy atom. The van der Waals surface area contributed by atoms with Gasteiger partial charge in [-0.2, -0.15) is 0 Å². The number of alkyl carbamates (subject to hydrolysis) is 1. The van der Waals surface area contributed by atoms with Crippen molar-refractivity contribution in [2.45, 2.75) is 37.5 Å². The Balaban J connectivity index is 1.91. The van der Waals surface area contributed by atoms with Gasteiger partial charge in [-0.3, -0.25) is 0 Å². The maximum atomic E-state index is 13.3. The van der Waals surface area contributed by atoms with E-state index in [0.717, 1.165) is 15.1 Å². The molecular formula is C24H26N2O7S. The smallest absolute Gasteiger partial charge is 0.408 e. The van der Waals surface area contributed by atoms with Gasteiger partial charge in [-0.1, -0.05) is 48.0 Å². The van der Waals surface area contributed by atoms with Crippen LogP contribution in [0.5, 0.6) is 0 Å². The molecule has 2 N–H and O–H groups in total. The predicted octanol–water partition coefficient (Wildman–Crippen LogP) is 2.93. The SMILES string of the molecule is CCOC(=O)[C@H](O)[C@@H](NC(=O)OCc1ccccc1)c1cccn1S(=O)(=O)c1ccc(C)cc1. The second-order valence-corrected chi connectivity index (χ2v) is 9.24. The lowest BCUT2D eigenvalue weighted by Gasteiger charge is -2.24. The van der Waals surface area contributed by atoms with Crippen molar-refractivity contribution >= 4 is 22.1 Å². The van der Waals surface area contributed by atoms with E-state index in [1.165, 1.54) is 30.5 Å². The topological polar surface area (TPSA) is 124 Å². The summed E-state index contributed by atoms with van der Waals surface area (Å²) in [6, 6.07) is 16.5. The third-order valence-corrected chi connectivity index (χ3v) is 6.69. The zero-order chi connectivity index (χ0) is 24.7. The lowest BCUT2D eigenvalue weighted by Crippen LogP contribution is -2.42. The Kier molecular flexibility index (Phi) is 8.08. The van der Waals surface area contributed by atoms with Crippen LogP contribution in [0.1, 0.15) is 29.8 Å². The number of aryl methyl sites for hydroxylation is 1. The number of aliphatic hydroxyl groups is 1. The fourth-order valence-electron chi connectivity index (χ4n) is 3.23. The molecule has 3 aromatic rings. The molecule has 3 rings (SSSR count). The van der Waals surface area contributed by atoms with Crippen LogP contribution in [0.15, 0.2) is 77.8 Å². The third kappa shape index (κ3) is 5.83. The van der Waals surface area contributed by atoms with Gasteiger partial charge < -0.3 is 19.9 Å². The molecule has 0 aliphatic heterocycles. The minimum absolute atomic E-state index is 0.00609. The molecule has 0 bridgehead atoms. The van der Waals surface area contributed by atoms with Crippen LogP contribution in [-0.4, -0.2) is 42.3 Å². The van der Waals surface area contributed by atoms with Gasteiger partial charge in [0.2, 0.25) is 0 Å². The Bertz CT molecular complexity index is 1220. The van der Waals surface area contributed by atoms with E-state index in [2.05, 4.69) is 5.32 Å². The highest BCUT2D eigenvalue weighted by Crippen LogP contribution is 2.25. The van der Waals surface area contributed by atoms with Gasteiger partial charge in [0, 0.05) is 6.20 Å². The standard InChI is InChI=1S/C24H26N2O7S/c1-3-32-23(28)22(27)21(25-24(29)33-16-18-8-5-4-6-9-18)20-10-7-15-26(20)34(30,31)19-13-11-17(2)12-14-19/h4-15,21-22,27H,3,16H2,1-2H3,(H,25,29)/t21-,22+/m0/s1. The summed E-state index contributed by atoms with van der Waals surface area (Å²) in [5.74, 6) is -1.02. The van der Waals surface area contributed by atoms with E-state index in [0.29, 0.717) is 0 Å². The molecule has 0 unspecified atom stereocenters. The summed E-state index contributed by atoms with van der Waals surface area (Å²) in [5, 5.41) is 13.1. The van der Waals surface area contributed by atoms with Crippen molar-refractivity contribution in [2.24, 2.45) is 0 Å². The van der Waals surface area contributed by atoms with Crippen molar-refractivity contribution < 1.29 is 32.6 Å². The van der Waals surface area contributed by atoms with Gasteiger partial charge in [0.15, 0.2) is 6.10 Å². The second-order valence-electron chi connectivity index (χ2n) is 7.43. The summed E-state index contributed by atoms with van der Waals surface area (Å²) in [4.78, 5) is 24.8. The Hall–Kier alpha value is -3.63. The van der Waals surface area contributed by atoms with Gasteiger partial charge in [-0.15, -0.1) is 0 Å². The van der Waals surface area contributed by atoms with Crippen LogP contribution in [0.4, 0.5) is 4.79 Å². The maximum Gasteiger partial charge on any atom is 0.408 e. The molecule has 0 aliphatic carbocycles. The largest absolute Gasteiger partial charge is 0.464 e. The van der Waals surface area contributed by atoms with Crippen molar-refractivity contribution in [1.29, 1.82) is 0 Å². The first-order valence-electron chi connectivity index (χ1n) is 10.6. The zero-order valence-electron chi connectivity index (χ0n) is 18.7. The number of carbonyl (C=O) groups is 2. The van der Waals surface area contributed by atoms with Crippen LogP contribution in [0.25, 0.3) is 0 Å². The first-order chi connectivity index (χ1) is 16.2. The van der Waals surface area contributed by atoms with E-state index in [-0.39, 0.29) is 23.8 Å². The monoisotopic (exact) mass is 486 g/mol. The van der Waals surface area contributed by atoms with Crippen molar-refractivity contribution in [1.82, 2.24) is 9.29 Å². The number of benzene rings is 2. The first kappa shape index (κ1) is 25.0. The molecule has 34 heavy (non-hydrogen) atoms. The Labute approximate surface area is 198 Å². The summed E-state index contributed by atoms with van der Waals surface area (Å²) in [5.41, 5.74) is 1.56. The number of amides is 1. The van der Waals surface area contributed by atoms with Gasteiger partial charge in [0.25, 0.3) is 10.0 Å². The molecule has 0 fully saturated rings. The number of aliphatic hydroxyl groups excluding tert-OH is 1. The lowest BCUT2D eigenvalue weighted by atomic mass is 10.1. The average molecular weight is 487 g/mol. The first-order valence-corrected chi connectivity index (χ1v) is 12.0. The molecule has 2 aromatic carbocycles. The fraction of sp³-hybridized carbons (Fsp3) is 0.250. The normalized spacial score (nSPS) is 13.0. The predicted molar refractivity (Wildman–Crippen MR) is 123 cm³/mol. The van der Waals surface area contributed by atoms with Gasteiger partial charge >= 0.3 is 12.1 Å². The molecule has 10 heteroatoms. The molecule has 1 heterocycles. The van der Waals surface area contributed by atoms with E-state index >= 15 is 0 Å². The average Bonchev–Trinajstić information content (AvgIpc) is 3.32. The lowest BCUT2D eigenvalue weighted by molar-refractivity contribution is -0.154. The maximum absolute atomic E-state index is 13.3. The van der Waals surface area contributed by atoms with E-state index in [9.17, 15) is 23.1 Å². The summed E-state index contributed by atoms with van der Waals surface area (Å²) < 4.78 is 37.5. The molecular weight excluding hydrogens is 460 g/mol. The van der Waals surface area contributed by atoms with E-state index < -0.39 is 34.2 Å². The van der Waals surface area contributed by atoms with Crippen LogP contribution in [0, 0.1) is 6.92 Å². The number of nitrogens with one attached hydrogen (secondary N) is 1. The second kappa shape index (κ2) is 11.0. The van der Waals surface area contributed by atoms with Crippen molar-refractivity contribution in [3.05, 3.63) is 89.7 Å². The van der Waals surface area contributed by atoms with Gasteiger partial charge in [0.05, 0.1) is 17.2 Å². The third-order valence-electron chi connectivity index (χ3n) is 4.97. The van der Waals surface area contributed by atoms with E-state index in [1.54, 1.807) is 43.3 Å². The highest BCUT2D eigenvalue weighted by atomic mass is 32.2. The Morgan fingerprint density at radius 1 is 1.00 bits per heavy atom. The summed E-state index contributed by atoms with van der Waals surface area (Å²) in [6.45, 7) is 3.32. The van der Waals surface area contributed by atoms with E-state index in [1.807, 2.05) is 13.0 Å². The molecule has 9 nitrogen and oxygen atoms in total. The van der Waals surface area contributed by atoms with Crippen molar-refractivity contribution in [3.8, 4) is 0 Å². The van der Waals surface area contributed by atoms with Crippen LogP contribution in [0.2, 0.25) is 0 Å². The molecule has 0 spiro atoms. The van der Waals surface area contributed by atoms with Crippen LogP contribution in [-0.2, 0) is 30.9 Å². The number of esters is 1. The molecule has 0 aliphatic rings. The summed E-state index contributed by atoms with van der Waals surface area (Å²) in [7, 11) is -4.09. The van der Waals surface area contributed by atoms with Crippen LogP contribution >= 0.6 is 0 Å². The molecule has 180 valence electrons. The number of carbonyl (C=O) groups excluding carboxylic acids is 2. The fourth-order valence-corrected chi connectivity index (χ4v) is 4.62. The van der Waals surface area contributed by atoms with Gasteiger partial charge in [0.1, 0.15) is 12.6 Å². The number of aromatic nitrogens is 1. The zero-order valence-corrected chi connectivity index (χ0v) is 19.6. The minimum Gasteiger partial charge on any atom is -0.464 e.